The van der Waals surface area contributed by atoms with E-state index in [4.69, 9.17) is 5.11 Å². The number of hydrogen-bond donors (Lipinski definition) is 1. The zero-order chi connectivity index (χ0) is 13.5. The highest BCUT2D eigenvalue weighted by Crippen LogP contribution is 2.12. The van der Waals surface area contributed by atoms with Crippen molar-refractivity contribution in [2.24, 2.45) is 0 Å². The Kier molecular flexibility index (Phi) is 6.38. The van der Waals surface area contributed by atoms with Crippen molar-refractivity contribution in [2.75, 3.05) is 26.2 Å². The Morgan fingerprint density at radius 1 is 1.44 bits per heavy atom. The highest BCUT2D eigenvalue weighted by Gasteiger charge is 2.16. The number of Topliss-reactive ketones (excluding diaryl/α,β-unsaturated/α-hetero) is 1. The van der Waals surface area contributed by atoms with Gasteiger partial charge in [-0.15, -0.1) is 0 Å². The Morgan fingerprint density at radius 2 is 2.17 bits per heavy atom. The number of carbonyl (C=O) groups is 1. The van der Waals surface area contributed by atoms with Gasteiger partial charge in [0.25, 0.3) is 6.43 Å². The molecule has 1 N–H and O–H groups in total. The van der Waals surface area contributed by atoms with Crippen LogP contribution in [0.5, 0.6) is 0 Å². The molecule has 1 rings (SSSR count). The fourth-order valence-electron chi connectivity index (χ4n) is 1.53. The third-order valence-electron chi connectivity index (χ3n) is 2.33. The third-order valence-corrected chi connectivity index (χ3v) is 2.82. The smallest absolute Gasteiger partial charge is 0.251 e. The van der Waals surface area contributed by atoms with Crippen LogP contribution in [0.4, 0.5) is 8.78 Å². The van der Waals surface area contributed by atoms with Gasteiger partial charge in [-0.1, -0.05) is 28.1 Å². The van der Waals surface area contributed by atoms with Crippen LogP contribution in [0.15, 0.2) is 28.7 Å². The van der Waals surface area contributed by atoms with Gasteiger partial charge >= 0.3 is 0 Å². The van der Waals surface area contributed by atoms with Gasteiger partial charge in [0.2, 0.25) is 0 Å². The molecule has 18 heavy (non-hydrogen) atoms. The van der Waals surface area contributed by atoms with E-state index >= 15 is 0 Å². The summed E-state index contributed by atoms with van der Waals surface area (Å²) >= 11 is 3.24. The maximum absolute atomic E-state index is 12.3. The maximum atomic E-state index is 12.3. The molecule has 0 amide bonds. The van der Waals surface area contributed by atoms with Gasteiger partial charge in [-0.25, -0.2) is 8.78 Å². The van der Waals surface area contributed by atoms with E-state index in [0.29, 0.717) is 5.56 Å². The molecule has 0 aliphatic carbocycles. The molecule has 3 nitrogen and oxygen atoms in total. The molecule has 0 aliphatic rings. The first kappa shape index (κ1) is 15.2. The number of nitrogens with zero attached hydrogens (tertiary/aromatic N) is 1. The van der Waals surface area contributed by atoms with Crippen molar-refractivity contribution >= 4 is 21.7 Å². The largest absolute Gasteiger partial charge is 0.395 e. The Hall–Kier alpha value is -0.850. The lowest BCUT2D eigenvalue weighted by Crippen LogP contribution is -2.36. The molecule has 0 heterocycles. The van der Waals surface area contributed by atoms with E-state index in [-0.39, 0.29) is 25.5 Å². The van der Waals surface area contributed by atoms with Crippen LogP contribution < -0.4 is 0 Å². The molecule has 100 valence electrons. The molecule has 0 saturated carbocycles. The van der Waals surface area contributed by atoms with Gasteiger partial charge in [0.1, 0.15) is 0 Å². The summed E-state index contributed by atoms with van der Waals surface area (Å²) in [4.78, 5) is 13.1. The lowest BCUT2D eigenvalue weighted by atomic mass is 10.1. The Bertz CT molecular complexity index is 401. The molecule has 0 radical (unpaired) electrons. The summed E-state index contributed by atoms with van der Waals surface area (Å²) in [6.45, 7) is -0.829. The lowest BCUT2D eigenvalue weighted by molar-refractivity contribution is 0.0689. The van der Waals surface area contributed by atoms with E-state index in [0.717, 1.165) is 4.47 Å². The first-order valence-electron chi connectivity index (χ1n) is 5.43. The number of halogens is 3. The van der Waals surface area contributed by atoms with Crippen molar-refractivity contribution in [2.45, 2.75) is 6.43 Å². The number of carbonyl (C=O) groups excluding carboxylic acids is 1. The van der Waals surface area contributed by atoms with E-state index in [1.54, 1.807) is 24.3 Å². The molecule has 1 aromatic carbocycles. The number of aliphatic hydroxyl groups is 1. The number of aliphatic hydroxyl groups excluding tert-OH is 1. The van der Waals surface area contributed by atoms with Crippen LogP contribution in [-0.4, -0.2) is 48.5 Å². The fraction of sp³-hybridized carbons (Fsp3) is 0.417. The molecule has 0 aromatic heterocycles. The standard InChI is InChI=1S/C12H14BrF2NO2/c13-10-3-1-2-9(6-10)11(18)7-16(4-5-17)8-12(14)15/h1-3,6,12,17H,4-5,7-8H2. The normalized spacial score (nSPS) is 11.2. The zero-order valence-corrected chi connectivity index (χ0v) is 11.2. The predicted octanol–water partition coefficient (Wildman–Crippen LogP) is 2.19. The quantitative estimate of drug-likeness (QED) is 0.783. The molecule has 0 unspecified atom stereocenters. The van der Waals surface area contributed by atoms with Crippen LogP contribution in [0.1, 0.15) is 10.4 Å². The topological polar surface area (TPSA) is 40.5 Å². The fourth-order valence-corrected chi connectivity index (χ4v) is 1.93. The first-order valence-corrected chi connectivity index (χ1v) is 6.22. The first-order chi connectivity index (χ1) is 8.52. The summed E-state index contributed by atoms with van der Waals surface area (Å²) in [5.41, 5.74) is 0.460. The summed E-state index contributed by atoms with van der Waals surface area (Å²) in [5, 5.41) is 8.77. The van der Waals surface area contributed by atoms with Gasteiger partial charge in [0.15, 0.2) is 5.78 Å². The minimum atomic E-state index is -2.52. The number of rotatable bonds is 7. The average molecular weight is 322 g/mol. The van der Waals surface area contributed by atoms with Crippen LogP contribution in [0.3, 0.4) is 0 Å². The predicted molar refractivity (Wildman–Crippen MR) is 68.0 cm³/mol. The van der Waals surface area contributed by atoms with Crippen molar-refractivity contribution in [3.05, 3.63) is 34.3 Å². The molecule has 0 fully saturated rings. The molecule has 0 atom stereocenters. The average Bonchev–Trinajstić information content (AvgIpc) is 2.28. The van der Waals surface area contributed by atoms with Crippen molar-refractivity contribution < 1.29 is 18.7 Å². The second-order valence-electron chi connectivity index (χ2n) is 3.78. The number of alkyl halides is 2. The number of benzene rings is 1. The summed E-state index contributed by atoms with van der Waals surface area (Å²) < 4.78 is 25.3. The molecule has 0 spiro atoms. The van der Waals surface area contributed by atoms with Crippen molar-refractivity contribution in [1.82, 2.24) is 4.90 Å². The van der Waals surface area contributed by atoms with Gasteiger partial charge in [-0.2, -0.15) is 0 Å². The molecular weight excluding hydrogens is 308 g/mol. The summed E-state index contributed by atoms with van der Waals surface area (Å²) in [5.74, 6) is -0.245. The molecule has 6 heteroatoms. The van der Waals surface area contributed by atoms with Crippen molar-refractivity contribution in [1.29, 1.82) is 0 Å². The van der Waals surface area contributed by atoms with Crippen LogP contribution in [0.25, 0.3) is 0 Å². The summed E-state index contributed by atoms with van der Waals surface area (Å²) in [6, 6.07) is 6.76. The van der Waals surface area contributed by atoms with E-state index in [1.165, 1.54) is 4.90 Å². The van der Waals surface area contributed by atoms with E-state index in [1.807, 2.05) is 0 Å². The number of hydrogen-bond acceptors (Lipinski definition) is 3. The Balaban J connectivity index is 2.65. The van der Waals surface area contributed by atoms with Gasteiger partial charge in [-0.3, -0.25) is 9.69 Å². The molecule has 0 saturated heterocycles. The van der Waals surface area contributed by atoms with Gasteiger partial charge < -0.3 is 5.11 Å². The minimum Gasteiger partial charge on any atom is -0.395 e. The molecular formula is C12H14BrF2NO2. The van der Waals surface area contributed by atoms with Crippen LogP contribution in [0, 0.1) is 0 Å². The lowest BCUT2D eigenvalue weighted by Gasteiger charge is -2.19. The van der Waals surface area contributed by atoms with Gasteiger partial charge in [0.05, 0.1) is 19.7 Å². The highest BCUT2D eigenvalue weighted by atomic mass is 79.9. The second kappa shape index (κ2) is 7.56. The minimum absolute atomic E-state index is 0.0596. The molecule has 0 bridgehead atoms. The maximum Gasteiger partial charge on any atom is 0.251 e. The molecule has 0 aliphatic heterocycles. The van der Waals surface area contributed by atoms with E-state index in [9.17, 15) is 13.6 Å². The Labute approximate surface area is 113 Å². The molecule has 1 aromatic rings. The zero-order valence-electron chi connectivity index (χ0n) is 9.65. The second-order valence-corrected chi connectivity index (χ2v) is 4.70. The monoisotopic (exact) mass is 321 g/mol. The van der Waals surface area contributed by atoms with Gasteiger partial charge in [0, 0.05) is 16.6 Å². The highest BCUT2D eigenvalue weighted by molar-refractivity contribution is 9.10. The van der Waals surface area contributed by atoms with E-state index in [2.05, 4.69) is 15.9 Å². The van der Waals surface area contributed by atoms with E-state index < -0.39 is 13.0 Å². The van der Waals surface area contributed by atoms with Crippen LogP contribution >= 0.6 is 15.9 Å². The Morgan fingerprint density at radius 3 is 2.72 bits per heavy atom. The van der Waals surface area contributed by atoms with Gasteiger partial charge in [-0.05, 0) is 12.1 Å². The van der Waals surface area contributed by atoms with Crippen LogP contribution in [-0.2, 0) is 0 Å². The van der Waals surface area contributed by atoms with Crippen LogP contribution in [0.2, 0.25) is 0 Å². The third kappa shape index (κ3) is 5.20. The summed E-state index contributed by atoms with van der Waals surface area (Å²) in [7, 11) is 0. The van der Waals surface area contributed by atoms with Crippen molar-refractivity contribution in [3.63, 3.8) is 0 Å². The SMILES string of the molecule is O=C(CN(CCO)CC(F)F)c1cccc(Br)c1. The van der Waals surface area contributed by atoms with Crippen molar-refractivity contribution in [3.8, 4) is 0 Å². The summed E-state index contributed by atoms with van der Waals surface area (Å²) in [6.07, 6.45) is -2.52. The number of ketones is 1.